The van der Waals surface area contributed by atoms with Gasteiger partial charge in [-0.05, 0) is 49.4 Å². The van der Waals surface area contributed by atoms with Crippen LogP contribution in [0.5, 0.6) is 11.5 Å². The second kappa shape index (κ2) is 11.4. The van der Waals surface area contributed by atoms with Crippen LogP contribution in [0.4, 0.5) is 0 Å². The predicted molar refractivity (Wildman–Crippen MR) is 134 cm³/mol. The summed E-state index contributed by atoms with van der Waals surface area (Å²) in [6.45, 7) is 3.40. The number of Topliss-reactive ketones (excluding diaryl/α,β-unsaturated/α-hetero) is 1. The number of hydrogen-bond donors (Lipinski definition) is 2. The van der Waals surface area contributed by atoms with E-state index in [2.05, 4.69) is 10.6 Å². The first-order chi connectivity index (χ1) is 18.1. The van der Waals surface area contributed by atoms with E-state index in [1.807, 2.05) is 13.8 Å². The lowest BCUT2D eigenvalue weighted by Gasteiger charge is -2.23. The van der Waals surface area contributed by atoms with Crippen LogP contribution in [-0.2, 0) is 19.6 Å². The molecule has 2 aliphatic rings. The molecule has 1 aromatic carbocycles. The molecule has 2 amide bonds. The minimum absolute atomic E-state index is 0.0195. The van der Waals surface area contributed by atoms with Gasteiger partial charge in [-0.3, -0.25) is 14.4 Å². The van der Waals surface area contributed by atoms with E-state index in [9.17, 15) is 28.0 Å². The van der Waals surface area contributed by atoms with Gasteiger partial charge in [0.2, 0.25) is 12.7 Å². The molecule has 38 heavy (non-hydrogen) atoms. The number of sulfonamides is 1. The first-order valence-corrected chi connectivity index (χ1v) is 13.7. The zero-order valence-electron chi connectivity index (χ0n) is 21.1. The summed E-state index contributed by atoms with van der Waals surface area (Å²) >= 11 is 0. The molecule has 13 heteroatoms. The Bertz CT molecular complexity index is 1330. The van der Waals surface area contributed by atoms with Crippen molar-refractivity contribution in [1.82, 2.24) is 14.9 Å². The first kappa shape index (κ1) is 27.3. The second-order valence-corrected chi connectivity index (χ2v) is 11.5. The number of fused-ring (bicyclic) bond motifs is 1. The topological polar surface area (TPSA) is 158 Å². The molecular weight excluding hydrogens is 516 g/mol. The fourth-order valence-corrected chi connectivity index (χ4v) is 5.82. The molecule has 0 aliphatic carbocycles. The van der Waals surface area contributed by atoms with Crippen LogP contribution in [0.3, 0.4) is 0 Å². The summed E-state index contributed by atoms with van der Waals surface area (Å²) in [5, 5.41) is 17.0. The Kier molecular flexibility index (Phi) is 8.17. The van der Waals surface area contributed by atoms with Gasteiger partial charge >= 0.3 is 15.0 Å². The van der Waals surface area contributed by atoms with Gasteiger partial charge in [0.15, 0.2) is 23.5 Å². The fourth-order valence-electron chi connectivity index (χ4n) is 4.35. The van der Waals surface area contributed by atoms with Crippen molar-refractivity contribution in [2.75, 3.05) is 19.9 Å². The van der Waals surface area contributed by atoms with Crippen LogP contribution in [0, 0.1) is 11.1 Å². The average molecular weight is 547 g/mol. The number of amides is 2. The van der Waals surface area contributed by atoms with Crippen molar-refractivity contribution in [1.29, 1.82) is 0 Å². The molecule has 204 valence electrons. The Morgan fingerprint density at radius 1 is 1.18 bits per heavy atom. The molecular formula is C25H30N4O8S. The van der Waals surface area contributed by atoms with E-state index < -0.39 is 51.3 Å². The number of benzene rings is 1. The summed E-state index contributed by atoms with van der Waals surface area (Å²) < 4.78 is 37.8. The largest absolute Gasteiger partial charge is 0.618 e. The van der Waals surface area contributed by atoms with Crippen LogP contribution in [0.2, 0.25) is 0 Å². The molecule has 1 unspecified atom stereocenters. The average Bonchev–Trinajstić information content (AvgIpc) is 3.26. The van der Waals surface area contributed by atoms with Crippen LogP contribution in [0.1, 0.15) is 43.5 Å². The third-order valence-electron chi connectivity index (χ3n) is 6.29. The normalized spacial score (nSPS) is 18.6. The third kappa shape index (κ3) is 6.05. The molecule has 0 bridgehead atoms. The highest BCUT2D eigenvalue weighted by atomic mass is 32.2. The Balaban J connectivity index is 1.43. The van der Waals surface area contributed by atoms with Crippen LogP contribution in [-0.4, -0.2) is 62.3 Å². The van der Waals surface area contributed by atoms with Crippen LogP contribution in [0.25, 0.3) is 0 Å². The zero-order chi connectivity index (χ0) is 27.4. The minimum atomic E-state index is -4.21. The van der Waals surface area contributed by atoms with Gasteiger partial charge in [-0.15, -0.1) is 0 Å². The van der Waals surface area contributed by atoms with Crippen LogP contribution >= 0.6 is 0 Å². The van der Waals surface area contributed by atoms with Gasteiger partial charge < -0.3 is 25.3 Å². The van der Waals surface area contributed by atoms with Gasteiger partial charge in [-0.25, -0.2) is 8.42 Å². The number of carbonyl (C=O) groups is 3. The summed E-state index contributed by atoms with van der Waals surface area (Å²) in [6.07, 6.45) is 1.90. The second-order valence-electron chi connectivity index (χ2n) is 9.60. The SMILES string of the molecule is CC(C)CC(NC(=O)c1ccc2c(c1)OCO2)C(=O)N[C@@H]1CCCN(S(=O)(=O)c2cccc[n+]2[O-])CC1=O. The lowest BCUT2D eigenvalue weighted by atomic mass is 10.0. The van der Waals surface area contributed by atoms with Crippen molar-refractivity contribution in [3.05, 3.63) is 53.4 Å². The first-order valence-electron chi connectivity index (χ1n) is 12.3. The standard InChI is InChI=1S/C25H30N4O8S/c1-16(2)12-19(27-24(31)17-8-9-21-22(13-17)37-15-36-21)25(32)26-18-6-5-10-28(14-20(18)30)38(34,35)23-7-3-4-11-29(23)33/h3-4,7-9,11,13,16,18-19H,5-6,10,12,14-15H2,1-2H3,(H,26,32)(H,27,31)/t18-,19?/m1/s1. The van der Waals surface area contributed by atoms with Crippen molar-refractivity contribution in [2.24, 2.45) is 5.92 Å². The number of rotatable bonds is 8. The van der Waals surface area contributed by atoms with E-state index >= 15 is 0 Å². The number of aromatic nitrogens is 1. The highest BCUT2D eigenvalue weighted by molar-refractivity contribution is 7.89. The number of hydrogen-bond acceptors (Lipinski definition) is 8. The van der Waals surface area contributed by atoms with Crippen molar-refractivity contribution in [3.8, 4) is 11.5 Å². The fraction of sp³-hybridized carbons (Fsp3) is 0.440. The molecule has 4 rings (SSSR count). The summed E-state index contributed by atoms with van der Waals surface area (Å²) in [5.74, 6) is -0.510. The highest BCUT2D eigenvalue weighted by Gasteiger charge is 2.37. The van der Waals surface area contributed by atoms with E-state index in [1.54, 1.807) is 12.1 Å². The van der Waals surface area contributed by atoms with Gasteiger partial charge in [0.1, 0.15) is 6.04 Å². The Morgan fingerprint density at radius 3 is 2.68 bits per heavy atom. The number of pyridine rings is 1. The third-order valence-corrected chi connectivity index (χ3v) is 8.13. The van der Waals surface area contributed by atoms with E-state index in [0.717, 1.165) is 10.5 Å². The molecule has 2 atom stereocenters. The lowest BCUT2D eigenvalue weighted by Crippen LogP contribution is -2.52. The smallest absolute Gasteiger partial charge is 0.323 e. The van der Waals surface area contributed by atoms with E-state index in [4.69, 9.17) is 9.47 Å². The van der Waals surface area contributed by atoms with E-state index in [0.29, 0.717) is 29.9 Å². The highest BCUT2D eigenvalue weighted by Crippen LogP contribution is 2.32. The van der Waals surface area contributed by atoms with Crippen molar-refractivity contribution < 1.29 is 37.0 Å². The monoisotopic (exact) mass is 546 g/mol. The Morgan fingerprint density at radius 2 is 1.95 bits per heavy atom. The van der Waals surface area contributed by atoms with Gasteiger partial charge in [0.25, 0.3) is 5.91 Å². The molecule has 1 aromatic heterocycles. The van der Waals surface area contributed by atoms with Gasteiger partial charge in [-0.1, -0.05) is 13.8 Å². The summed E-state index contributed by atoms with van der Waals surface area (Å²) in [7, 11) is -4.21. The van der Waals surface area contributed by atoms with Gasteiger partial charge in [0, 0.05) is 24.2 Å². The molecule has 0 spiro atoms. The van der Waals surface area contributed by atoms with Crippen molar-refractivity contribution in [2.45, 2.75) is 50.2 Å². The van der Waals surface area contributed by atoms with E-state index in [1.165, 1.54) is 24.3 Å². The van der Waals surface area contributed by atoms with Crippen molar-refractivity contribution >= 4 is 27.6 Å². The van der Waals surface area contributed by atoms with Gasteiger partial charge in [-0.2, -0.15) is 9.04 Å². The van der Waals surface area contributed by atoms with Crippen molar-refractivity contribution in [3.63, 3.8) is 0 Å². The predicted octanol–water partition coefficient (Wildman–Crippen LogP) is 0.732. The molecule has 3 heterocycles. The van der Waals surface area contributed by atoms with Gasteiger partial charge in [0.05, 0.1) is 12.6 Å². The molecule has 2 N–H and O–H groups in total. The number of ether oxygens (including phenoxy) is 2. The Labute approximate surface area is 220 Å². The quantitative estimate of drug-likeness (QED) is 0.362. The summed E-state index contributed by atoms with van der Waals surface area (Å²) in [4.78, 5) is 39.1. The van der Waals surface area contributed by atoms with Crippen LogP contribution in [0.15, 0.2) is 47.6 Å². The number of nitrogens with zero attached hydrogens (tertiary/aromatic N) is 2. The molecule has 0 radical (unpaired) electrons. The minimum Gasteiger partial charge on any atom is -0.618 e. The lowest BCUT2D eigenvalue weighted by molar-refractivity contribution is -0.646. The molecule has 1 saturated heterocycles. The molecule has 2 aromatic rings. The maximum atomic E-state index is 13.2. The number of carbonyl (C=O) groups excluding carboxylic acids is 3. The molecule has 1 fully saturated rings. The maximum Gasteiger partial charge on any atom is 0.323 e. The summed E-state index contributed by atoms with van der Waals surface area (Å²) in [5.41, 5.74) is 0.290. The molecule has 12 nitrogen and oxygen atoms in total. The zero-order valence-corrected chi connectivity index (χ0v) is 21.9. The van der Waals surface area contributed by atoms with Crippen LogP contribution < -0.4 is 24.8 Å². The molecule has 2 aliphatic heterocycles. The Hall–Kier alpha value is -3.71. The maximum absolute atomic E-state index is 13.2. The van der Waals surface area contributed by atoms with E-state index in [-0.39, 0.29) is 30.4 Å². The number of nitrogens with one attached hydrogen (secondary N) is 2. The summed E-state index contributed by atoms with van der Waals surface area (Å²) in [6, 6.07) is 6.86. The molecule has 0 saturated carbocycles. The number of ketones is 1.